The predicted molar refractivity (Wildman–Crippen MR) is 121 cm³/mol. The first-order valence-corrected chi connectivity index (χ1v) is 9.92. The van der Waals surface area contributed by atoms with Crippen molar-refractivity contribution >= 4 is 34.6 Å². The van der Waals surface area contributed by atoms with Crippen molar-refractivity contribution in [3.63, 3.8) is 0 Å². The number of hydrogen-bond donors (Lipinski definition) is 3. The van der Waals surface area contributed by atoms with E-state index in [1.165, 1.54) is 12.1 Å². The summed E-state index contributed by atoms with van der Waals surface area (Å²) in [6.45, 7) is 1.99. The Labute approximate surface area is 179 Å². The van der Waals surface area contributed by atoms with Crippen molar-refractivity contribution in [2.75, 3.05) is 5.32 Å². The average molecular weight is 418 g/mol. The molecule has 3 N–H and O–H groups in total. The molecule has 0 radical (unpaired) electrons. The topological polar surface area (TPSA) is 53.2 Å². The van der Waals surface area contributed by atoms with Crippen molar-refractivity contribution in [1.29, 1.82) is 0 Å². The van der Waals surface area contributed by atoms with E-state index in [1.54, 1.807) is 12.1 Å². The summed E-state index contributed by atoms with van der Waals surface area (Å²) >= 11 is 5.41. The van der Waals surface area contributed by atoms with Crippen LogP contribution in [-0.4, -0.2) is 11.0 Å². The third-order valence-electron chi connectivity index (χ3n) is 4.89. The van der Waals surface area contributed by atoms with Gasteiger partial charge in [-0.1, -0.05) is 60.2 Å². The fourth-order valence-corrected chi connectivity index (χ4v) is 3.60. The first-order valence-electron chi connectivity index (χ1n) is 9.52. The molecule has 0 unspecified atom stereocenters. The van der Waals surface area contributed by atoms with Gasteiger partial charge in [-0.15, -0.1) is 0 Å². The van der Waals surface area contributed by atoms with Crippen LogP contribution >= 0.6 is 12.2 Å². The summed E-state index contributed by atoms with van der Waals surface area (Å²) in [4.78, 5) is 13.4. The second-order valence-corrected chi connectivity index (χ2v) is 7.47. The molecular weight excluding hydrogens is 397 g/mol. The van der Waals surface area contributed by atoms with Gasteiger partial charge >= 0.3 is 0 Å². The van der Waals surface area contributed by atoms with Gasteiger partial charge in [0.1, 0.15) is 5.82 Å². The minimum Gasteiger partial charge on any atom is -0.351 e. The number of thiocarbonyl (C=S) groups is 1. The van der Waals surface area contributed by atoms with E-state index in [0.717, 1.165) is 16.7 Å². The van der Waals surface area contributed by atoms with Crippen molar-refractivity contribution in [1.82, 2.24) is 10.6 Å². The van der Waals surface area contributed by atoms with Gasteiger partial charge in [-0.2, -0.15) is 0 Å². The largest absolute Gasteiger partial charge is 0.351 e. The second-order valence-electron chi connectivity index (χ2n) is 7.06. The maximum Gasteiger partial charge on any atom is 0.256 e. The molecule has 0 aromatic heterocycles. The number of hydrogen-bond acceptors (Lipinski definition) is 2. The van der Waals surface area contributed by atoms with E-state index in [2.05, 4.69) is 16.0 Å². The van der Waals surface area contributed by atoms with E-state index in [1.807, 2.05) is 61.5 Å². The van der Waals surface area contributed by atoms with Crippen LogP contribution in [0, 0.1) is 12.7 Å². The fourth-order valence-electron chi connectivity index (χ4n) is 3.38. The Morgan fingerprint density at radius 1 is 0.967 bits per heavy atom. The van der Waals surface area contributed by atoms with Crippen LogP contribution in [0.2, 0.25) is 0 Å². The molecule has 150 valence electrons. The van der Waals surface area contributed by atoms with Crippen molar-refractivity contribution in [2.24, 2.45) is 0 Å². The highest BCUT2D eigenvalue weighted by molar-refractivity contribution is 7.80. The minimum absolute atomic E-state index is 0.269. The standard InChI is InChI=1S/C24H20FN3OS/c1-15-7-13-19(14-8-15)26-23(29)20-21(16-5-3-2-4-6-16)27-24(30)28-22(20)17-9-11-18(25)12-10-17/h2-14,22H,1H3,(H,26,29)(H2,27,28,30)/t22-/m0/s1. The number of halogens is 1. The zero-order chi connectivity index (χ0) is 21.1. The first kappa shape index (κ1) is 19.8. The summed E-state index contributed by atoms with van der Waals surface area (Å²) in [5.74, 6) is -0.609. The molecule has 30 heavy (non-hydrogen) atoms. The Morgan fingerprint density at radius 3 is 2.30 bits per heavy atom. The molecule has 3 aromatic carbocycles. The Hall–Kier alpha value is -3.51. The summed E-state index contributed by atoms with van der Waals surface area (Å²) < 4.78 is 13.5. The molecule has 4 rings (SSSR count). The van der Waals surface area contributed by atoms with Gasteiger partial charge in [0, 0.05) is 5.69 Å². The summed E-state index contributed by atoms with van der Waals surface area (Å²) in [6, 6.07) is 22.7. The van der Waals surface area contributed by atoms with E-state index in [9.17, 15) is 9.18 Å². The highest BCUT2D eigenvalue weighted by Crippen LogP contribution is 2.32. The summed E-state index contributed by atoms with van der Waals surface area (Å²) in [5, 5.41) is 9.66. The summed E-state index contributed by atoms with van der Waals surface area (Å²) in [6.07, 6.45) is 0. The molecule has 1 heterocycles. The fraction of sp³-hybridized carbons (Fsp3) is 0.0833. The Bertz CT molecular complexity index is 1110. The number of anilines is 1. The van der Waals surface area contributed by atoms with Gasteiger partial charge in [0.25, 0.3) is 5.91 Å². The van der Waals surface area contributed by atoms with E-state index >= 15 is 0 Å². The lowest BCUT2D eigenvalue weighted by Gasteiger charge is -2.31. The number of amides is 1. The molecule has 0 spiro atoms. The number of carbonyl (C=O) groups is 1. The van der Waals surface area contributed by atoms with Gasteiger partial charge < -0.3 is 16.0 Å². The molecule has 1 aliphatic rings. The number of benzene rings is 3. The van der Waals surface area contributed by atoms with Crippen molar-refractivity contribution in [3.8, 4) is 0 Å². The lowest BCUT2D eigenvalue weighted by Crippen LogP contribution is -2.45. The molecule has 6 heteroatoms. The van der Waals surface area contributed by atoms with Crippen molar-refractivity contribution < 1.29 is 9.18 Å². The molecule has 3 aromatic rings. The number of nitrogens with one attached hydrogen (secondary N) is 3. The van der Waals surface area contributed by atoms with Gasteiger partial charge in [-0.3, -0.25) is 4.79 Å². The van der Waals surface area contributed by atoms with Gasteiger partial charge in [-0.05, 0) is 54.5 Å². The minimum atomic E-state index is -0.528. The van der Waals surface area contributed by atoms with Crippen LogP contribution in [0.15, 0.2) is 84.4 Å². The lowest BCUT2D eigenvalue weighted by atomic mass is 9.92. The molecule has 1 atom stereocenters. The summed E-state index contributed by atoms with van der Waals surface area (Å²) in [7, 11) is 0. The quantitative estimate of drug-likeness (QED) is 0.539. The normalized spacial score (nSPS) is 15.9. The second kappa shape index (κ2) is 8.47. The Morgan fingerprint density at radius 2 is 1.63 bits per heavy atom. The first-order chi connectivity index (χ1) is 14.5. The third kappa shape index (κ3) is 4.23. The van der Waals surface area contributed by atoms with Gasteiger partial charge in [-0.25, -0.2) is 4.39 Å². The van der Waals surface area contributed by atoms with E-state index in [-0.39, 0.29) is 11.7 Å². The predicted octanol–water partition coefficient (Wildman–Crippen LogP) is 4.70. The average Bonchev–Trinajstić information content (AvgIpc) is 2.76. The lowest BCUT2D eigenvalue weighted by molar-refractivity contribution is -0.113. The zero-order valence-corrected chi connectivity index (χ0v) is 17.1. The highest BCUT2D eigenvalue weighted by atomic mass is 32.1. The third-order valence-corrected chi connectivity index (χ3v) is 5.11. The van der Waals surface area contributed by atoms with Gasteiger partial charge in [0.15, 0.2) is 5.11 Å². The molecule has 1 amide bonds. The smallest absolute Gasteiger partial charge is 0.256 e. The maximum absolute atomic E-state index is 13.5. The number of rotatable bonds is 4. The van der Waals surface area contributed by atoms with Crippen LogP contribution in [0.1, 0.15) is 22.7 Å². The maximum atomic E-state index is 13.5. The molecule has 0 fully saturated rings. The molecule has 1 aliphatic heterocycles. The van der Waals surface area contributed by atoms with E-state index < -0.39 is 6.04 Å². The number of carbonyl (C=O) groups excluding carboxylic acids is 1. The molecule has 4 nitrogen and oxygen atoms in total. The van der Waals surface area contributed by atoms with Gasteiger partial charge in [0.05, 0.1) is 17.3 Å². The molecular formula is C24H20FN3OS. The Kier molecular flexibility index (Phi) is 5.59. The Balaban J connectivity index is 1.81. The number of aryl methyl sites for hydroxylation is 1. The van der Waals surface area contributed by atoms with Crippen LogP contribution in [-0.2, 0) is 4.79 Å². The monoisotopic (exact) mass is 417 g/mol. The summed E-state index contributed by atoms with van der Waals surface area (Å²) in [5.41, 5.74) is 4.47. The van der Waals surface area contributed by atoms with E-state index in [0.29, 0.717) is 22.1 Å². The van der Waals surface area contributed by atoms with Crippen LogP contribution in [0.4, 0.5) is 10.1 Å². The van der Waals surface area contributed by atoms with Crippen LogP contribution in [0.5, 0.6) is 0 Å². The van der Waals surface area contributed by atoms with Gasteiger partial charge in [0.2, 0.25) is 0 Å². The van der Waals surface area contributed by atoms with Crippen LogP contribution < -0.4 is 16.0 Å². The SMILES string of the molecule is Cc1ccc(NC(=O)C2=C(c3ccccc3)NC(=S)N[C@H]2c2ccc(F)cc2)cc1. The zero-order valence-electron chi connectivity index (χ0n) is 16.3. The molecule has 0 saturated carbocycles. The van der Waals surface area contributed by atoms with E-state index in [4.69, 9.17) is 12.2 Å². The molecule has 0 aliphatic carbocycles. The van der Waals surface area contributed by atoms with Crippen molar-refractivity contribution in [2.45, 2.75) is 13.0 Å². The van der Waals surface area contributed by atoms with Crippen molar-refractivity contribution in [3.05, 3.63) is 107 Å². The molecule has 0 saturated heterocycles. The van der Waals surface area contributed by atoms with Crippen LogP contribution in [0.3, 0.4) is 0 Å². The highest BCUT2D eigenvalue weighted by Gasteiger charge is 2.32. The van der Waals surface area contributed by atoms with Crippen LogP contribution in [0.25, 0.3) is 5.70 Å². The molecule has 0 bridgehead atoms.